The Bertz CT molecular complexity index is 519. The van der Waals surface area contributed by atoms with E-state index >= 15 is 0 Å². The Labute approximate surface area is 124 Å². The fourth-order valence-electron chi connectivity index (χ4n) is 3.34. The van der Waals surface area contributed by atoms with E-state index in [0.29, 0.717) is 6.61 Å². The molecule has 2 aliphatic heterocycles. The van der Waals surface area contributed by atoms with Gasteiger partial charge in [-0.2, -0.15) is 5.06 Å². The van der Waals surface area contributed by atoms with Crippen LogP contribution < -0.4 is 4.74 Å². The first-order chi connectivity index (χ1) is 10.3. The molecule has 0 saturated carbocycles. The van der Waals surface area contributed by atoms with E-state index in [4.69, 9.17) is 14.3 Å². The number of hydrogen-bond donors (Lipinski definition) is 0. The number of para-hydroxylation sites is 1. The molecule has 1 aromatic rings. The van der Waals surface area contributed by atoms with Gasteiger partial charge in [-0.1, -0.05) is 18.2 Å². The van der Waals surface area contributed by atoms with E-state index in [1.165, 1.54) is 0 Å². The van der Waals surface area contributed by atoms with Crippen LogP contribution in [0.3, 0.4) is 0 Å². The Morgan fingerprint density at radius 2 is 2.24 bits per heavy atom. The van der Waals surface area contributed by atoms with Crippen LogP contribution >= 0.6 is 0 Å². The van der Waals surface area contributed by atoms with Crippen molar-refractivity contribution in [3.63, 3.8) is 0 Å². The van der Waals surface area contributed by atoms with Gasteiger partial charge < -0.3 is 9.47 Å². The summed E-state index contributed by atoms with van der Waals surface area (Å²) in [7, 11) is 1.65. The first kappa shape index (κ1) is 14.4. The molecule has 2 saturated heterocycles. The van der Waals surface area contributed by atoms with Crippen molar-refractivity contribution in [2.45, 2.75) is 31.9 Å². The van der Waals surface area contributed by atoms with Gasteiger partial charge in [0.2, 0.25) is 0 Å². The lowest BCUT2D eigenvalue weighted by Gasteiger charge is -2.26. The number of esters is 1. The fourth-order valence-corrected chi connectivity index (χ4v) is 3.34. The zero-order valence-electron chi connectivity index (χ0n) is 12.5. The number of hydroxylamine groups is 2. The van der Waals surface area contributed by atoms with Gasteiger partial charge in [0.1, 0.15) is 11.7 Å². The van der Waals surface area contributed by atoms with Crippen LogP contribution in [0.5, 0.6) is 5.75 Å². The maximum atomic E-state index is 12.4. The van der Waals surface area contributed by atoms with Gasteiger partial charge in [-0.15, -0.1) is 0 Å². The lowest BCUT2D eigenvalue weighted by Crippen LogP contribution is -2.30. The van der Waals surface area contributed by atoms with E-state index in [2.05, 4.69) is 0 Å². The summed E-state index contributed by atoms with van der Waals surface area (Å²) in [6.07, 6.45) is 1.84. The van der Waals surface area contributed by atoms with Crippen molar-refractivity contribution in [3.8, 4) is 5.75 Å². The third kappa shape index (κ3) is 2.51. The van der Waals surface area contributed by atoms with Gasteiger partial charge in [0.05, 0.1) is 25.9 Å². The summed E-state index contributed by atoms with van der Waals surface area (Å²) in [6, 6.07) is 7.68. The Morgan fingerprint density at radius 3 is 3.00 bits per heavy atom. The Morgan fingerprint density at radius 1 is 1.43 bits per heavy atom. The summed E-state index contributed by atoms with van der Waals surface area (Å²) < 4.78 is 10.7. The number of rotatable bonds is 4. The molecule has 0 radical (unpaired) electrons. The number of benzene rings is 1. The van der Waals surface area contributed by atoms with Gasteiger partial charge in [0.15, 0.2) is 0 Å². The molecule has 3 rings (SSSR count). The van der Waals surface area contributed by atoms with Crippen molar-refractivity contribution in [2.24, 2.45) is 5.92 Å². The van der Waals surface area contributed by atoms with Crippen molar-refractivity contribution in [3.05, 3.63) is 29.8 Å². The molecule has 0 amide bonds. The average molecular weight is 291 g/mol. The standard InChI is InChI=1S/C16H21NO4/c1-3-20-16(18)14-13-9-6-10-17(21-13)15(14)11-7-4-5-8-12(11)19-2/h4-5,7-8,13-15H,3,6,9-10H2,1-2H3/t13-,14+,15-/m1/s1. The first-order valence-corrected chi connectivity index (χ1v) is 7.49. The van der Waals surface area contributed by atoms with Gasteiger partial charge in [-0.05, 0) is 25.8 Å². The largest absolute Gasteiger partial charge is 0.496 e. The van der Waals surface area contributed by atoms with E-state index in [1.54, 1.807) is 7.11 Å². The van der Waals surface area contributed by atoms with Crippen LogP contribution in [0.15, 0.2) is 24.3 Å². The van der Waals surface area contributed by atoms with Crippen LogP contribution in [-0.4, -0.2) is 37.4 Å². The average Bonchev–Trinajstić information content (AvgIpc) is 2.77. The molecule has 5 nitrogen and oxygen atoms in total. The molecule has 2 fully saturated rings. The number of ether oxygens (including phenoxy) is 2. The van der Waals surface area contributed by atoms with Crippen LogP contribution in [0.4, 0.5) is 0 Å². The van der Waals surface area contributed by atoms with E-state index in [-0.39, 0.29) is 24.0 Å². The molecule has 0 spiro atoms. The zero-order chi connectivity index (χ0) is 14.8. The molecule has 0 aromatic heterocycles. The summed E-state index contributed by atoms with van der Waals surface area (Å²) in [5.41, 5.74) is 0.988. The van der Waals surface area contributed by atoms with Gasteiger partial charge in [-0.3, -0.25) is 9.63 Å². The Kier molecular flexibility index (Phi) is 4.12. The molecule has 21 heavy (non-hydrogen) atoms. The predicted molar refractivity (Wildman–Crippen MR) is 76.7 cm³/mol. The second kappa shape index (κ2) is 6.03. The summed E-state index contributed by atoms with van der Waals surface area (Å²) in [5.74, 6) is 0.319. The Balaban J connectivity index is 1.98. The van der Waals surface area contributed by atoms with E-state index in [9.17, 15) is 4.79 Å². The number of nitrogens with zero attached hydrogens (tertiary/aromatic N) is 1. The second-order valence-corrected chi connectivity index (χ2v) is 5.39. The number of carbonyl (C=O) groups excluding carboxylic acids is 1. The molecule has 0 aliphatic carbocycles. The van der Waals surface area contributed by atoms with Gasteiger partial charge in [-0.25, -0.2) is 0 Å². The molecule has 114 valence electrons. The summed E-state index contributed by atoms with van der Waals surface area (Å²) in [4.78, 5) is 18.3. The van der Waals surface area contributed by atoms with Gasteiger partial charge in [0.25, 0.3) is 0 Å². The minimum atomic E-state index is -0.288. The maximum absolute atomic E-state index is 12.4. The number of carbonyl (C=O) groups is 1. The highest BCUT2D eigenvalue weighted by Gasteiger charge is 2.51. The predicted octanol–water partition coefficient (Wildman–Crippen LogP) is 2.33. The van der Waals surface area contributed by atoms with E-state index in [1.807, 2.05) is 36.3 Å². The quantitative estimate of drug-likeness (QED) is 0.797. The fraction of sp³-hybridized carbons (Fsp3) is 0.562. The normalized spacial score (nSPS) is 31.0. The number of fused-ring (bicyclic) bond motifs is 2. The monoisotopic (exact) mass is 291 g/mol. The third-order valence-corrected chi connectivity index (χ3v) is 4.21. The molecule has 1 unspecified atom stereocenters. The molecule has 2 aliphatic rings. The highest BCUT2D eigenvalue weighted by molar-refractivity contribution is 5.75. The van der Waals surface area contributed by atoms with Crippen LogP contribution in [0, 0.1) is 5.92 Å². The third-order valence-electron chi connectivity index (χ3n) is 4.21. The summed E-state index contributed by atoms with van der Waals surface area (Å²) in [6.45, 7) is 3.05. The van der Waals surface area contributed by atoms with Crippen molar-refractivity contribution >= 4 is 5.97 Å². The van der Waals surface area contributed by atoms with Gasteiger partial charge in [0, 0.05) is 12.1 Å². The SMILES string of the molecule is CCOC(=O)[C@@H]1[C@@H](c2ccccc2OC)N2CCC[C@H]1O2. The van der Waals surface area contributed by atoms with Crippen LogP contribution in [0.2, 0.25) is 0 Å². The van der Waals surface area contributed by atoms with Crippen molar-refractivity contribution < 1.29 is 19.1 Å². The maximum Gasteiger partial charge on any atom is 0.313 e. The Hall–Kier alpha value is -1.59. The summed E-state index contributed by atoms with van der Waals surface area (Å²) in [5, 5.41) is 1.92. The highest BCUT2D eigenvalue weighted by atomic mass is 16.7. The molecule has 4 atom stereocenters. The molecular formula is C16H21NO4. The molecule has 2 bridgehead atoms. The molecule has 2 heterocycles. The topological polar surface area (TPSA) is 48.0 Å². The number of hydrogen-bond acceptors (Lipinski definition) is 5. The van der Waals surface area contributed by atoms with Crippen LogP contribution in [0.1, 0.15) is 31.4 Å². The smallest absolute Gasteiger partial charge is 0.313 e. The van der Waals surface area contributed by atoms with Crippen molar-refractivity contribution in [1.29, 1.82) is 0 Å². The van der Waals surface area contributed by atoms with Crippen LogP contribution in [0.25, 0.3) is 0 Å². The minimum absolute atomic E-state index is 0.0901. The molecular weight excluding hydrogens is 270 g/mol. The van der Waals surface area contributed by atoms with Crippen molar-refractivity contribution in [2.75, 3.05) is 20.3 Å². The molecule has 1 aromatic carbocycles. The van der Waals surface area contributed by atoms with Crippen LogP contribution in [-0.2, 0) is 14.4 Å². The second-order valence-electron chi connectivity index (χ2n) is 5.39. The molecule has 5 heteroatoms. The van der Waals surface area contributed by atoms with Gasteiger partial charge >= 0.3 is 5.97 Å². The van der Waals surface area contributed by atoms with Crippen molar-refractivity contribution in [1.82, 2.24) is 5.06 Å². The van der Waals surface area contributed by atoms with E-state index < -0.39 is 0 Å². The lowest BCUT2D eigenvalue weighted by molar-refractivity contribution is -0.187. The summed E-state index contributed by atoms with van der Waals surface area (Å²) >= 11 is 0. The zero-order valence-corrected chi connectivity index (χ0v) is 12.5. The lowest BCUT2D eigenvalue weighted by atomic mass is 9.88. The van der Waals surface area contributed by atoms with E-state index in [0.717, 1.165) is 30.7 Å². The highest BCUT2D eigenvalue weighted by Crippen LogP contribution is 2.46. The molecule has 0 N–H and O–H groups in total. The first-order valence-electron chi connectivity index (χ1n) is 7.49. The minimum Gasteiger partial charge on any atom is -0.496 e. The number of methoxy groups -OCH3 is 1.